The average Bonchev–Trinajstić information content (AvgIpc) is 2.28. The molecule has 0 aliphatic heterocycles. The summed E-state index contributed by atoms with van der Waals surface area (Å²) in [5.74, 6) is -0.306. The van der Waals surface area contributed by atoms with Crippen LogP contribution in [-0.4, -0.2) is 37.2 Å². The number of nitrogens with one attached hydrogen (secondary N) is 2. The summed E-state index contributed by atoms with van der Waals surface area (Å²) in [6.07, 6.45) is 0. The van der Waals surface area contributed by atoms with Gasteiger partial charge in [0.15, 0.2) is 5.11 Å². The minimum atomic E-state index is -0.306. The average molecular weight is 283 g/mol. The summed E-state index contributed by atoms with van der Waals surface area (Å²) in [6, 6.07) is 6.48. The van der Waals surface area contributed by atoms with Crippen LogP contribution in [0.5, 0.6) is 0 Å². The Morgan fingerprint density at radius 1 is 1.32 bits per heavy atom. The number of para-hydroxylation sites is 1. The largest absolute Gasteiger partial charge is 0.362 e. The van der Waals surface area contributed by atoms with Crippen molar-refractivity contribution in [2.75, 3.05) is 32.5 Å². The Morgan fingerprint density at radius 3 is 2.53 bits per heavy atom. The molecule has 0 saturated heterocycles. The van der Waals surface area contributed by atoms with Crippen LogP contribution in [-0.2, 0) is 0 Å². The summed E-state index contributed by atoms with van der Waals surface area (Å²) in [6.45, 7) is 5.99. The van der Waals surface area contributed by atoms with Gasteiger partial charge >= 0.3 is 0 Å². The highest BCUT2D eigenvalue weighted by molar-refractivity contribution is 7.80. The zero-order chi connectivity index (χ0) is 14.5. The Kier molecular flexibility index (Phi) is 5.69. The molecule has 5 heteroatoms. The smallest absolute Gasteiger partial charge is 0.170 e. The van der Waals surface area contributed by atoms with Crippen LogP contribution in [0.2, 0.25) is 0 Å². The van der Waals surface area contributed by atoms with Crippen LogP contribution in [0.15, 0.2) is 24.3 Å². The molecule has 0 fully saturated rings. The molecule has 1 rings (SSSR count). The van der Waals surface area contributed by atoms with Crippen molar-refractivity contribution >= 4 is 23.0 Å². The Balaban J connectivity index is 2.46. The molecule has 0 radical (unpaired) electrons. The maximum atomic E-state index is 13.4. The van der Waals surface area contributed by atoms with Gasteiger partial charge in [-0.2, -0.15) is 0 Å². The van der Waals surface area contributed by atoms with Gasteiger partial charge in [-0.3, -0.25) is 0 Å². The van der Waals surface area contributed by atoms with E-state index >= 15 is 0 Å². The second-order valence-electron chi connectivity index (χ2n) is 5.69. The molecule has 0 unspecified atom stereocenters. The van der Waals surface area contributed by atoms with Crippen LogP contribution in [0.3, 0.4) is 0 Å². The number of hydrogen-bond acceptors (Lipinski definition) is 2. The predicted octanol–water partition coefficient (Wildman–Crippen LogP) is 2.70. The van der Waals surface area contributed by atoms with Crippen LogP contribution in [0.4, 0.5) is 10.1 Å². The summed E-state index contributed by atoms with van der Waals surface area (Å²) in [5, 5.41) is 6.44. The molecule has 1 aromatic carbocycles. The molecule has 19 heavy (non-hydrogen) atoms. The fourth-order valence-electron chi connectivity index (χ4n) is 1.96. The van der Waals surface area contributed by atoms with Gasteiger partial charge in [-0.15, -0.1) is 0 Å². The molecule has 3 nitrogen and oxygen atoms in total. The zero-order valence-electron chi connectivity index (χ0n) is 12.0. The topological polar surface area (TPSA) is 27.3 Å². The van der Waals surface area contributed by atoms with Crippen molar-refractivity contribution in [3.05, 3.63) is 30.1 Å². The first-order valence-electron chi connectivity index (χ1n) is 6.24. The summed E-state index contributed by atoms with van der Waals surface area (Å²) in [5.41, 5.74) is 0.482. The van der Waals surface area contributed by atoms with Crippen molar-refractivity contribution in [3.8, 4) is 0 Å². The molecule has 2 N–H and O–H groups in total. The first-order chi connectivity index (χ1) is 8.80. The van der Waals surface area contributed by atoms with Gasteiger partial charge in [0, 0.05) is 13.1 Å². The van der Waals surface area contributed by atoms with Gasteiger partial charge in [-0.25, -0.2) is 4.39 Å². The summed E-state index contributed by atoms with van der Waals surface area (Å²) < 4.78 is 13.4. The maximum Gasteiger partial charge on any atom is 0.170 e. The van der Waals surface area contributed by atoms with E-state index in [0.29, 0.717) is 10.8 Å². The monoisotopic (exact) mass is 283 g/mol. The summed E-state index contributed by atoms with van der Waals surface area (Å²) in [7, 11) is 4.08. The van der Waals surface area contributed by atoms with E-state index in [2.05, 4.69) is 29.4 Å². The van der Waals surface area contributed by atoms with E-state index in [9.17, 15) is 4.39 Å². The van der Waals surface area contributed by atoms with Gasteiger partial charge < -0.3 is 15.5 Å². The number of hydrogen-bond donors (Lipinski definition) is 2. The van der Waals surface area contributed by atoms with E-state index in [1.54, 1.807) is 18.2 Å². The van der Waals surface area contributed by atoms with E-state index in [-0.39, 0.29) is 11.2 Å². The molecule has 0 aromatic heterocycles. The Hall–Kier alpha value is -1.20. The molecule has 0 spiro atoms. The van der Waals surface area contributed by atoms with Crippen molar-refractivity contribution in [2.45, 2.75) is 13.8 Å². The second kappa shape index (κ2) is 6.82. The Labute approximate surface area is 120 Å². The van der Waals surface area contributed by atoms with Gasteiger partial charge in [-0.05, 0) is 43.9 Å². The molecule has 1 aromatic rings. The molecular weight excluding hydrogens is 261 g/mol. The lowest BCUT2D eigenvalue weighted by atomic mass is 9.93. The molecule has 0 aliphatic rings. The molecular formula is C14H22FN3S. The fourth-order valence-corrected chi connectivity index (χ4v) is 2.14. The third-order valence-electron chi connectivity index (χ3n) is 2.59. The standard InChI is InChI=1S/C14H22FN3S/c1-14(2,10-18(3)4)9-16-13(19)17-12-8-6-5-7-11(12)15/h5-8H,9-10H2,1-4H3,(H2,16,17,19). The van der Waals surface area contributed by atoms with Gasteiger partial charge in [0.2, 0.25) is 0 Å². The first-order valence-corrected chi connectivity index (χ1v) is 6.65. The highest BCUT2D eigenvalue weighted by atomic mass is 32.1. The van der Waals surface area contributed by atoms with Crippen molar-refractivity contribution < 1.29 is 4.39 Å². The third kappa shape index (κ3) is 5.98. The highest BCUT2D eigenvalue weighted by Gasteiger charge is 2.19. The lowest BCUT2D eigenvalue weighted by Crippen LogP contribution is -2.41. The van der Waals surface area contributed by atoms with E-state index in [1.165, 1.54) is 6.07 Å². The fraction of sp³-hybridized carbons (Fsp3) is 0.500. The van der Waals surface area contributed by atoms with Gasteiger partial charge in [0.05, 0.1) is 5.69 Å². The normalized spacial score (nSPS) is 11.5. The number of halogens is 1. The number of anilines is 1. The molecule has 0 bridgehead atoms. The number of rotatable bonds is 5. The third-order valence-corrected chi connectivity index (χ3v) is 2.84. The van der Waals surface area contributed by atoms with Crippen molar-refractivity contribution in [3.63, 3.8) is 0 Å². The maximum absolute atomic E-state index is 13.4. The molecule has 0 aliphatic carbocycles. The number of nitrogens with zero attached hydrogens (tertiary/aromatic N) is 1. The summed E-state index contributed by atoms with van der Waals surface area (Å²) >= 11 is 5.17. The highest BCUT2D eigenvalue weighted by Crippen LogP contribution is 2.15. The summed E-state index contributed by atoms with van der Waals surface area (Å²) in [4.78, 5) is 2.13. The van der Waals surface area contributed by atoms with Crippen molar-refractivity contribution in [2.24, 2.45) is 5.41 Å². The number of thiocarbonyl (C=S) groups is 1. The van der Waals surface area contributed by atoms with Crippen LogP contribution in [0.25, 0.3) is 0 Å². The molecule has 106 valence electrons. The SMILES string of the molecule is CN(C)CC(C)(C)CNC(=S)Nc1ccccc1F. The Morgan fingerprint density at radius 2 is 1.95 bits per heavy atom. The number of benzene rings is 1. The van der Waals surface area contributed by atoms with Crippen molar-refractivity contribution in [1.29, 1.82) is 0 Å². The van der Waals surface area contributed by atoms with E-state index in [0.717, 1.165) is 13.1 Å². The zero-order valence-corrected chi connectivity index (χ0v) is 12.8. The van der Waals surface area contributed by atoms with Gasteiger partial charge in [-0.1, -0.05) is 26.0 Å². The first kappa shape index (κ1) is 15.9. The lowest BCUT2D eigenvalue weighted by molar-refractivity contribution is 0.242. The van der Waals surface area contributed by atoms with Crippen LogP contribution >= 0.6 is 12.2 Å². The van der Waals surface area contributed by atoms with Crippen LogP contribution < -0.4 is 10.6 Å². The van der Waals surface area contributed by atoms with Gasteiger partial charge in [0.25, 0.3) is 0 Å². The van der Waals surface area contributed by atoms with Gasteiger partial charge in [0.1, 0.15) is 5.82 Å². The minimum Gasteiger partial charge on any atom is -0.362 e. The van der Waals surface area contributed by atoms with Crippen molar-refractivity contribution in [1.82, 2.24) is 10.2 Å². The van der Waals surface area contributed by atoms with E-state index in [4.69, 9.17) is 12.2 Å². The molecule has 0 saturated carbocycles. The molecule has 0 atom stereocenters. The second-order valence-corrected chi connectivity index (χ2v) is 6.10. The van der Waals surface area contributed by atoms with E-state index < -0.39 is 0 Å². The lowest BCUT2D eigenvalue weighted by Gasteiger charge is -2.29. The van der Waals surface area contributed by atoms with Crippen LogP contribution in [0, 0.1) is 11.2 Å². The molecule has 0 amide bonds. The molecule has 0 heterocycles. The minimum absolute atomic E-state index is 0.0878. The quantitative estimate of drug-likeness (QED) is 0.813. The predicted molar refractivity (Wildman–Crippen MR) is 83.0 cm³/mol. The van der Waals surface area contributed by atoms with E-state index in [1.807, 2.05) is 14.1 Å². The Bertz CT molecular complexity index is 432. The van der Waals surface area contributed by atoms with Crippen LogP contribution in [0.1, 0.15) is 13.8 Å².